The van der Waals surface area contributed by atoms with Crippen LogP contribution in [0.15, 0.2) is 29.2 Å². The average molecular weight is 277 g/mol. The Balaban J connectivity index is 2.94. The summed E-state index contributed by atoms with van der Waals surface area (Å²) < 4.78 is 47.9. The minimum Gasteiger partial charge on any atom is -0.384 e. The topological polar surface area (TPSA) is 46.2 Å². The van der Waals surface area contributed by atoms with Gasteiger partial charge in [0.05, 0.1) is 10.6 Å². The summed E-state index contributed by atoms with van der Waals surface area (Å²) in [6.07, 6.45) is 0.836. The Kier molecular flexibility index (Phi) is 5.07. The maximum absolute atomic E-state index is 12.5. The Hall–Kier alpha value is -1.17. The molecule has 0 unspecified atom stereocenters. The number of hydrogen-bond acceptors (Lipinski definition) is 3. The number of para-hydroxylation sites is 1. The molecular weight excluding hydrogens is 260 g/mol. The van der Waals surface area contributed by atoms with Gasteiger partial charge in [-0.15, -0.1) is 0 Å². The van der Waals surface area contributed by atoms with Gasteiger partial charge < -0.3 is 5.32 Å². The zero-order chi connectivity index (χ0) is 13.8. The first-order chi connectivity index (χ1) is 8.35. The number of nitrogens with one attached hydrogen (secondary N) is 1. The van der Waals surface area contributed by atoms with Crippen LogP contribution in [0, 0.1) is 5.92 Å². The fourth-order valence-electron chi connectivity index (χ4n) is 1.45. The summed E-state index contributed by atoms with van der Waals surface area (Å²) in [5.74, 6) is -2.94. The molecule has 0 radical (unpaired) electrons. The van der Waals surface area contributed by atoms with Crippen LogP contribution in [0.2, 0.25) is 0 Å². The van der Waals surface area contributed by atoms with Crippen molar-refractivity contribution < 1.29 is 17.2 Å². The molecule has 1 aromatic rings. The van der Waals surface area contributed by atoms with Crippen LogP contribution >= 0.6 is 0 Å². The van der Waals surface area contributed by atoms with Gasteiger partial charge in [0.2, 0.25) is 9.84 Å². The number of benzene rings is 1. The van der Waals surface area contributed by atoms with E-state index < -0.39 is 15.6 Å². The first-order valence-corrected chi connectivity index (χ1v) is 7.25. The first kappa shape index (κ1) is 14.9. The van der Waals surface area contributed by atoms with Crippen LogP contribution in [0.3, 0.4) is 0 Å². The van der Waals surface area contributed by atoms with Crippen molar-refractivity contribution >= 4 is 15.5 Å². The van der Waals surface area contributed by atoms with Gasteiger partial charge in [-0.1, -0.05) is 26.0 Å². The maximum atomic E-state index is 12.5. The van der Waals surface area contributed by atoms with Crippen molar-refractivity contribution in [2.75, 3.05) is 11.9 Å². The number of anilines is 1. The van der Waals surface area contributed by atoms with Gasteiger partial charge in [-0.3, -0.25) is 0 Å². The molecule has 102 valence electrons. The molecule has 0 saturated heterocycles. The molecule has 0 aliphatic carbocycles. The van der Waals surface area contributed by atoms with Crippen molar-refractivity contribution in [3.05, 3.63) is 24.3 Å². The highest BCUT2D eigenvalue weighted by Crippen LogP contribution is 2.26. The second kappa shape index (κ2) is 6.13. The molecule has 1 rings (SSSR count). The zero-order valence-corrected chi connectivity index (χ0v) is 11.2. The number of alkyl halides is 2. The number of hydrogen-bond donors (Lipinski definition) is 1. The minimum atomic E-state index is -4.55. The van der Waals surface area contributed by atoms with Crippen molar-refractivity contribution in [2.24, 2.45) is 5.92 Å². The van der Waals surface area contributed by atoms with Crippen LogP contribution < -0.4 is 5.32 Å². The molecule has 0 amide bonds. The Morgan fingerprint density at radius 1 is 1.22 bits per heavy atom. The van der Waals surface area contributed by atoms with E-state index in [1.54, 1.807) is 6.07 Å². The maximum Gasteiger partial charge on any atom is 0.341 e. The van der Waals surface area contributed by atoms with Crippen LogP contribution in [-0.2, 0) is 9.84 Å². The molecule has 0 fully saturated rings. The van der Waals surface area contributed by atoms with Gasteiger partial charge >= 0.3 is 5.76 Å². The van der Waals surface area contributed by atoms with E-state index in [9.17, 15) is 17.2 Å². The van der Waals surface area contributed by atoms with Crippen molar-refractivity contribution in [2.45, 2.75) is 30.9 Å². The molecule has 3 nitrogen and oxygen atoms in total. The summed E-state index contributed by atoms with van der Waals surface area (Å²) >= 11 is 0. The first-order valence-electron chi connectivity index (χ1n) is 5.70. The minimum absolute atomic E-state index is 0.235. The Morgan fingerprint density at radius 3 is 2.39 bits per heavy atom. The lowest BCUT2D eigenvalue weighted by Crippen LogP contribution is -2.15. The van der Waals surface area contributed by atoms with Crippen LogP contribution in [0.4, 0.5) is 14.5 Å². The van der Waals surface area contributed by atoms with E-state index in [1.165, 1.54) is 18.2 Å². The molecule has 0 aliphatic heterocycles. The molecular formula is C12H17F2NO2S. The lowest BCUT2D eigenvalue weighted by molar-refractivity contribution is 0.235. The standard InChI is InChI=1S/C12H17F2NO2S/c1-9(2)7-8-15-10-5-3-4-6-11(10)18(16,17)12(13)14/h3-6,9,12,15H,7-8H2,1-2H3. The van der Waals surface area contributed by atoms with E-state index in [0.29, 0.717) is 12.5 Å². The lowest BCUT2D eigenvalue weighted by atomic mass is 10.1. The zero-order valence-electron chi connectivity index (χ0n) is 10.4. The molecule has 1 N–H and O–H groups in total. The third kappa shape index (κ3) is 3.66. The van der Waals surface area contributed by atoms with Crippen LogP contribution in [0.25, 0.3) is 0 Å². The third-order valence-corrected chi connectivity index (χ3v) is 3.90. The highest BCUT2D eigenvalue weighted by atomic mass is 32.2. The molecule has 18 heavy (non-hydrogen) atoms. The Labute approximate surface area is 106 Å². The quantitative estimate of drug-likeness (QED) is 0.869. The molecule has 0 saturated carbocycles. The summed E-state index contributed by atoms with van der Waals surface area (Å²) in [7, 11) is -4.55. The van der Waals surface area contributed by atoms with E-state index in [4.69, 9.17) is 0 Å². The number of rotatable bonds is 6. The van der Waals surface area contributed by atoms with Gasteiger partial charge in [0.1, 0.15) is 0 Å². The fourth-order valence-corrected chi connectivity index (χ4v) is 2.36. The third-order valence-electron chi connectivity index (χ3n) is 2.47. The fraction of sp³-hybridized carbons (Fsp3) is 0.500. The van der Waals surface area contributed by atoms with Crippen molar-refractivity contribution in [1.29, 1.82) is 0 Å². The summed E-state index contributed by atoms with van der Waals surface area (Å²) in [6.45, 7) is 4.61. The summed E-state index contributed by atoms with van der Waals surface area (Å²) in [5, 5.41) is 2.89. The SMILES string of the molecule is CC(C)CCNc1ccccc1S(=O)(=O)C(F)F. The van der Waals surface area contributed by atoms with E-state index in [1.807, 2.05) is 13.8 Å². The molecule has 0 aliphatic rings. The second-order valence-corrected chi connectivity index (χ2v) is 6.30. The van der Waals surface area contributed by atoms with Gasteiger partial charge in [0.15, 0.2) is 0 Å². The molecule has 0 bridgehead atoms. The van der Waals surface area contributed by atoms with Gasteiger partial charge in [-0.25, -0.2) is 8.42 Å². The lowest BCUT2D eigenvalue weighted by Gasteiger charge is -2.12. The van der Waals surface area contributed by atoms with Crippen molar-refractivity contribution in [3.8, 4) is 0 Å². The van der Waals surface area contributed by atoms with E-state index in [-0.39, 0.29) is 10.6 Å². The molecule has 6 heteroatoms. The van der Waals surface area contributed by atoms with Gasteiger partial charge in [0, 0.05) is 6.54 Å². The Bertz CT molecular complexity index is 487. The highest BCUT2D eigenvalue weighted by molar-refractivity contribution is 7.91. The van der Waals surface area contributed by atoms with Crippen LogP contribution in [0.5, 0.6) is 0 Å². The van der Waals surface area contributed by atoms with E-state index >= 15 is 0 Å². The predicted molar refractivity (Wildman–Crippen MR) is 67.6 cm³/mol. The number of sulfone groups is 1. The van der Waals surface area contributed by atoms with Crippen LogP contribution in [-0.4, -0.2) is 20.7 Å². The largest absolute Gasteiger partial charge is 0.384 e. The summed E-state index contributed by atoms with van der Waals surface area (Å²) in [4.78, 5) is -0.344. The predicted octanol–water partition coefficient (Wildman–Crippen LogP) is 3.14. The van der Waals surface area contributed by atoms with Gasteiger partial charge in [0.25, 0.3) is 0 Å². The average Bonchev–Trinajstić information content (AvgIpc) is 2.28. The molecule has 0 aromatic heterocycles. The number of halogens is 2. The summed E-state index contributed by atoms with van der Waals surface area (Å²) in [6, 6.07) is 5.74. The van der Waals surface area contributed by atoms with Crippen molar-refractivity contribution in [3.63, 3.8) is 0 Å². The molecule has 0 atom stereocenters. The second-order valence-electron chi connectivity index (χ2n) is 4.41. The van der Waals surface area contributed by atoms with E-state index in [2.05, 4.69) is 5.32 Å². The molecule has 1 aromatic carbocycles. The highest BCUT2D eigenvalue weighted by Gasteiger charge is 2.28. The van der Waals surface area contributed by atoms with Crippen LogP contribution in [0.1, 0.15) is 20.3 Å². The molecule has 0 heterocycles. The van der Waals surface area contributed by atoms with E-state index in [0.717, 1.165) is 6.42 Å². The van der Waals surface area contributed by atoms with Gasteiger partial charge in [-0.2, -0.15) is 8.78 Å². The van der Waals surface area contributed by atoms with Crippen molar-refractivity contribution in [1.82, 2.24) is 0 Å². The Morgan fingerprint density at radius 2 is 1.83 bits per heavy atom. The molecule has 0 spiro atoms. The normalized spacial score (nSPS) is 12.1. The summed E-state index contributed by atoms with van der Waals surface area (Å²) in [5.41, 5.74) is 0.235. The van der Waals surface area contributed by atoms with Gasteiger partial charge in [-0.05, 0) is 24.5 Å². The monoisotopic (exact) mass is 277 g/mol. The smallest absolute Gasteiger partial charge is 0.341 e.